The molecule has 1 rings (SSSR count). The van der Waals surface area contributed by atoms with Gasteiger partial charge in [-0.15, -0.1) is 0 Å². The zero-order chi connectivity index (χ0) is 15.5. The molecular weight excluding hydrogens is 324 g/mol. The number of carboxylic acid groups (broad SMARTS) is 1. The summed E-state index contributed by atoms with van der Waals surface area (Å²) in [5, 5.41) is 12.0. The van der Waals surface area contributed by atoms with Crippen LogP contribution in [0.3, 0.4) is 0 Å². The second-order valence-electron chi connectivity index (χ2n) is 5.39. The Balaban J connectivity index is 3.04. The predicted molar refractivity (Wildman–Crippen MR) is 80.9 cm³/mol. The first-order valence-electron chi connectivity index (χ1n) is 6.64. The molecule has 0 saturated carbocycles. The monoisotopic (exact) mass is 344 g/mol. The number of aromatic nitrogens is 1. The van der Waals surface area contributed by atoms with E-state index in [1.807, 2.05) is 31.5 Å². The van der Waals surface area contributed by atoms with Gasteiger partial charge >= 0.3 is 5.97 Å². The van der Waals surface area contributed by atoms with Gasteiger partial charge in [0.05, 0.1) is 0 Å². The van der Waals surface area contributed by atoms with Crippen molar-refractivity contribution in [3.05, 3.63) is 22.4 Å². The van der Waals surface area contributed by atoms with Gasteiger partial charge in [-0.1, -0.05) is 13.3 Å². The maximum atomic E-state index is 12.4. The first-order valence-corrected chi connectivity index (χ1v) is 7.44. The number of nitrogens with zero attached hydrogens (tertiary/aromatic N) is 1. The molecule has 2 N–H and O–H groups in total. The molecule has 20 heavy (non-hydrogen) atoms. The Bertz CT molecular complexity index is 511. The number of hydrogen-bond donors (Lipinski definition) is 2. The molecule has 0 aliphatic heterocycles. The van der Waals surface area contributed by atoms with E-state index in [0.29, 0.717) is 18.5 Å². The number of carbonyl (C=O) groups excluding carboxylic acids is 1. The molecule has 1 amide bonds. The first-order chi connectivity index (χ1) is 9.21. The molecular formula is C14H21BrN2O3. The van der Waals surface area contributed by atoms with Gasteiger partial charge in [0, 0.05) is 16.7 Å². The van der Waals surface area contributed by atoms with Crippen molar-refractivity contribution < 1.29 is 14.7 Å². The Morgan fingerprint density at radius 1 is 1.50 bits per heavy atom. The summed E-state index contributed by atoms with van der Waals surface area (Å²) in [6, 6.07) is 1.81. The van der Waals surface area contributed by atoms with Crippen molar-refractivity contribution in [3.63, 3.8) is 0 Å². The summed E-state index contributed by atoms with van der Waals surface area (Å²) in [5.41, 5.74) is -0.792. The highest BCUT2D eigenvalue weighted by atomic mass is 79.9. The van der Waals surface area contributed by atoms with Crippen LogP contribution in [0.15, 0.2) is 16.7 Å². The molecule has 0 aromatic carbocycles. The number of nitrogens with one attached hydrogen (secondary N) is 1. The minimum Gasteiger partial charge on any atom is -0.480 e. The van der Waals surface area contributed by atoms with Gasteiger partial charge in [0.25, 0.3) is 5.91 Å². The number of halogens is 1. The number of rotatable bonds is 6. The Kier molecular flexibility index (Phi) is 5.39. The van der Waals surface area contributed by atoms with Gasteiger partial charge in [-0.25, -0.2) is 4.79 Å². The molecule has 1 aromatic heterocycles. The third kappa shape index (κ3) is 3.62. The topological polar surface area (TPSA) is 71.3 Å². The van der Waals surface area contributed by atoms with E-state index in [9.17, 15) is 14.7 Å². The summed E-state index contributed by atoms with van der Waals surface area (Å²) >= 11 is 3.34. The minimum absolute atomic E-state index is 0.115. The Hall–Kier alpha value is -1.30. The third-order valence-electron chi connectivity index (χ3n) is 3.22. The predicted octanol–water partition coefficient (Wildman–Crippen LogP) is 3.20. The van der Waals surface area contributed by atoms with Crippen molar-refractivity contribution in [2.24, 2.45) is 0 Å². The number of carboxylic acids is 1. The fraction of sp³-hybridized carbons (Fsp3) is 0.571. The summed E-state index contributed by atoms with van der Waals surface area (Å²) in [5.74, 6) is -1.39. The number of hydrogen-bond acceptors (Lipinski definition) is 2. The quantitative estimate of drug-likeness (QED) is 0.832. The van der Waals surface area contributed by atoms with E-state index >= 15 is 0 Å². The van der Waals surface area contributed by atoms with Crippen LogP contribution in [0.1, 0.15) is 57.1 Å². The summed E-state index contributed by atoms with van der Waals surface area (Å²) in [6.45, 7) is 7.35. The van der Waals surface area contributed by atoms with Crippen LogP contribution in [0, 0.1) is 0 Å². The molecule has 1 heterocycles. The Morgan fingerprint density at radius 2 is 2.10 bits per heavy atom. The van der Waals surface area contributed by atoms with Gasteiger partial charge in [-0.3, -0.25) is 4.79 Å². The molecule has 1 unspecified atom stereocenters. The maximum absolute atomic E-state index is 12.4. The number of aliphatic carboxylic acids is 1. The van der Waals surface area contributed by atoms with Crippen molar-refractivity contribution in [1.29, 1.82) is 0 Å². The largest absolute Gasteiger partial charge is 0.480 e. The van der Waals surface area contributed by atoms with Gasteiger partial charge in [0.1, 0.15) is 11.2 Å². The average Bonchev–Trinajstić information content (AvgIpc) is 2.71. The van der Waals surface area contributed by atoms with E-state index in [-0.39, 0.29) is 11.9 Å². The fourth-order valence-corrected chi connectivity index (χ4v) is 2.53. The highest BCUT2D eigenvalue weighted by Crippen LogP contribution is 2.21. The summed E-state index contributed by atoms with van der Waals surface area (Å²) in [4.78, 5) is 23.7. The smallest absolute Gasteiger partial charge is 0.329 e. The standard InChI is InChI=1S/C14H21BrN2O3/c1-5-6-14(4,13(19)20)16-12(18)11-7-10(15)8-17(11)9(2)3/h7-9H,5-6H2,1-4H3,(H,16,18)(H,19,20). The maximum Gasteiger partial charge on any atom is 0.329 e. The molecule has 0 fully saturated rings. The van der Waals surface area contributed by atoms with Crippen LogP contribution in [0.5, 0.6) is 0 Å². The Morgan fingerprint density at radius 3 is 2.55 bits per heavy atom. The van der Waals surface area contributed by atoms with E-state index in [1.165, 1.54) is 6.92 Å². The normalized spacial score (nSPS) is 14.1. The molecule has 1 atom stereocenters. The van der Waals surface area contributed by atoms with Crippen LogP contribution in [0.25, 0.3) is 0 Å². The lowest BCUT2D eigenvalue weighted by Crippen LogP contribution is -2.52. The van der Waals surface area contributed by atoms with E-state index in [2.05, 4.69) is 21.2 Å². The van der Waals surface area contributed by atoms with E-state index in [0.717, 1.165) is 4.47 Å². The van der Waals surface area contributed by atoms with Crippen molar-refractivity contribution >= 4 is 27.8 Å². The van der Waals surface area contributed by atoms with Crippen molar-refractivity contribution in [2.75, 3.05) is 0 Å². The van der Waals surface area contributed by atoms with Gasteiger partial charge in [-0.2, -0.15) is 0 Å². The highest BCUT2D eigenvalue weighted by molar-refractivity contribution is 9.10. The second-order valence-corrected chi connectivity index (χ2v) is 6.30. The lowest BCUT2D eigenvalue weighted by atomic mass is 9.96. The van der Waals surface area contributed by atoms with E-state index in [4.69, 9.17) is 0 Å². The zero-order valence-electron chi connectivity index (χ0n) is 12.2. The SMILES string of the molecule is CCCC(C)(NC(=O)c1cc(Br)cn1C(C)C)C(=O)O. The Labute approximate surface area is 127 Å². The van der Waals surface area contributed by atoms with Gasteiger partial charge in [-0.05, 0) is 49.2 Å². The van der Waals surface area contributed by atoms with Crippen molar-refractivity contribution in [1.82, 2.24) is 9.88 Å². The van der Waals surface area contributed by atoms with Crippen LogP contribution in [-0.4, -0.2) is 27.1 Å². The molecule has 5 nitrogen and oxygen atoms in total. The second kappa shape index (κ2) is 6.43. The first kappa shape index (κ1) is 16.8. The molecule has 0 aliphatic rings. The molecule has 0 aliphatic carbocycles. The highest BCUT2D eigenvalue weighted by Gasteiger charge is 2.34. The van der Waals surface area contributed by atoms with Crippen LogP contribution in [0.4, 0.5) is 0 Å². The molecule has 6 heteroatoms. The van der Waals surface area contributed by atoms with E-state index in [1.54, 1.807) is 6.07 Å². The molecule has 112 valence electrons. The summed E-state index contributed by atoms with van der Waals surface area (Å²) in [7, 11) is 0. The molecule has 0 bridgehead atoms. The molecule has 0 spiro atoms. The molecule has 0 saturated heterocycles. The van der Waals surface area contributed by atoms with Crippen molar-refractivity contribution in [3.8, 4) is 0 Å². The lowest BCUT2D eigenvalue weighted by Gasteiger charge is -2.26. The van der Waals surface area contributed by atoms with Gasteiger partial charge < -0.3 is 15.0 Å². The molecule has 0 radical (unpaired) electrons. The van der Waals surface area contributed by atoms with Gasteiger partial charge in [0.15, 0.2) is 0 Å². The van der Waals surface area contributed by atoms with Gasteiger partial charge in [0.2, 0.25) is 0 Å². The van der Waals surface area contributed by atoms with Crippen LogP contribution in [-0.2, 0) is 4.79 Å². The van der Waals surface area contributed by atoms with Crippen LogP contribution >= 0.6 is 15.9 Å². The van der Waals surface area contributed by atoms with E-state index < -0.39 is 11.5 Å². The number of amides is 1. The lowest BCUT2D eigenvalue weighted by molar-refractivity contribution is -0.144. The fourth-order valence-electron chi connectivity index (χ4n) is 2.09. The summed E-state index contributed by atoms with van der Waals surface area (Å²) < 4.78 is 2.61. The minimum atomic E-state index is -1.25. The molecule has 1 aromatic rings. The van der Waals surface area contributed by atoms with Crippen LogP contribution in [0.2, 0.25) is 0 Å². The zero-order valence-corrected chi connectivity index (χ0v) is 13.8. The number of carbonyl (C=O) groups is 2. The van der Waals surface area contributed by atoms with Crippen LogP contribution < -0.4 is 5.32 Å². The average molecular weight is 345 g/mol. The van der Waals surface area contributed by atoms with Crippen molar-refractivity contribution in [2.45, 2.75) is 52.1 Å². The third-order valence-corrected chi connectivity index (χ3v) is 3.65. The summed E-state index contributed by atoms with van der Waals surface area (Å²) in [6.07, 6.45) is 2.88.